The van der Waals surface area contributed by atoms with Crippen molar-refractivity contribution < 1.29 is 22.3 Å². The van der Waals surface area contributed by atoms with E-state index in [4.69, 9.17) is 4.74 Å². The van der Waals surface area contributed by atoms with Crippen LogP contribution in [-0.4, -0.2) is 62.4 Å². The zero-order chi connectivity index (χ0) is 22.7. The predicted molar refractivity (Wildman–Crippen MR) is 120 cm³/mol. The van der Waals surface area contributed by atoms with Gasteiger partial charge in [0, 0.05) is 31.2 Å². The number of benzene rings is 2. The topological polar surface area (TPSA) is 66.9 Å². The summed E-state index contributed by atoms with van der Waals surface area (Å²) in [6.45, 7) is 3.46. The highest BCUT2D eigenvalue weighted by Crippen LogP contribution is 2.27. The van der Waals surface area contributed by atoms with Gasteiger partial charge >= 0.3 is 0 Å². The fraction of sp³-hybridized carbons (Fsp3) is 0.458. The smallest absolute Gasteiger partial charge is 0.254 e. The summed E-state index contributed by atoms with van der Waals surface area (Å²) in [7, 11) is -4.04. The lowest BCUT2D eigenvalue weighted by Crippen LogP contribution is -2.44. The second kappa shape index (κ2) is 9.68. The van der Waals surface area contributed by atoms with Crippen LogP contribution in [0.2, 0.25) is 0 Å². The Kier molecular flexibility index (Phi) is 6.93. The van der Waals surface area contributed by atoms with Crippen LogP contribution in [0, 0.1) is 5.82 Å². The van der Waals surface area contributed by atoms with Crippen molar-refractivity contribution in [3.8, 4) is 0 Å². The number of hydrogen-bond donors (Lipinski definition) is 0. The normalized spacial score (nSPS) is 19.4. The van der Waals surface area contributed by atoms with Crippen LogP contribution in [0.1, 0.15) is 41.3 Å². The van der Waals surface area contributed by atoms with Crippen LogP contribution in [0.4, 0.5) is 4.39 Å². The zero-order valence-electron chi connectivity index (χ0n) is 18.3. The average Bonchev–Trinajstić information content (AvgIpc) is 2.82. The van der Waals surface area contributed by atoms with E-state index >= 15 is 0 Å². The number of nitrogens with zero attached hydrogens (tertiary/aromatic N) is 2. The molecule has 0 N–H and O–H groups in total. The Hall–Kier alpha value is -2.29. The lowest BCUT2D eigenvalue weighted by atomic mass is 9.87. The van der Waals surface area contributed by atoms with Crippen molar-refractivity contribution in [3.63, 3.8) is 0 Å². The van der Waals surface area contributed by atoms with Crippen LogP contribution in [0.15, 0.2) is 47.4 Å². The molecule has 1 unspecified atom stereocenters. The number of amides is 1. The van der Waals surface area contributed by atoms with E-state index in [0.717, 1.165) is 31.7 Å². The van der Waals surface area contributed by atoms with Crippen LogP contribution < -0.4 is 0 Å². The summed E-state index contributed by atoms with van der Waals surface area (Å²) in [5.41, 5.74) is 2.76. The van der Waals surface area contributed by atoms with Gasteiger partial charge in [0.2, 0.25) is 10.0 Å². The van der Waals surface area contributed by atoms with Gasteiger partial charge < -0.3 is 9.64 Å². The average molecular weight is 461 g/mol. The lowest BCUT2D eigenvalue weighted by Gasteiger charge is -2.35. The Bertz CT molecular complexity index is 1080. The van der Waals surface area contributed by atoms with Gasteiger partial charge in [0.05, 0.1) is 13.2 Å². The first-order chi connectivity index (χ1) is 15.4. The van der Waals surface area contributed by atoms with Crippen LogP contribution in [0.5, 0.6) is 0 Å². The van der Waals surface area contributed by atoms with Gasteiger partial charge in [0.25, 0.3) is 5.91 Å². The molecule has 32 heavy (non-hydrogen) atoms. The zero-order valence-corrected chi connectivity index (χ0v) is 19.1. The molecular formula is C24H29FN2O4S. The molecule has 6 nitrogen and oxygen atoms in total. The van der Waals surface area contributed by atoms with Crippen LogP contribution in [-0.2, 0) is 27.6 Å². The number of fused-ring (bicyclic) bond motifs is 1. The Morgan fingerprint density at radius 2 is 1.88 bits per heavy atom. The van der Waals surface area contributed by atoms with E-state index in [0.29, 0.717) is 6.54 Å². The maximum Gasteiger partial charge on any atom is 0.254 e. The molecule has 1 atom stereocenters. The fourth-order valence-electron chi connectivity index (χ4n) is 4.56. The van der Waals surface area contributed by atoms with Crippen molar-refractivity contribution in [1.29, 1.82) is 0 Å². The van der Waals surface area contributed by atoms with Gasteiger partial charge in [0.1, 0.15) is 10.7 Å². The highest BCUT2D eigenvalue weighted by Gasteiger charge is 2.32. The van der Waals surface area contributed by atoms with Gasteiger partial charge in [-0.1, -0.05) is 31.2 Å². The quantitative estimate of drug-likeness (QED) is 0.664. The fourth-order valence-corrected chi connectivity index (χ4v) is 6.06. The number of rotatable bonds is 6. The van der Waals surface area contributed by atoms with Crippen molar-refractivity contribution in [3.05, 3.63) is 65.0 Å². The molecule has 1 fully saturated rings. The van der Waals surface area contributed by atoms with Gasteiger partial charge in [-0.05, 0) is 55.0 Å². The van der Waals surface area contributed by atoms with Crippen LogP contribution in [0.3, 0.4) is 0 Å². The molecule has 1 heterocycles. The van der Waals surface area contributed by atoms with E-state index in [1.165, 1.54) is 27.6 Å². The SMILES string of the molecule is CCCN(C(=O)c1ccc(F)c(S(=O)(=O)N2CCOCC2)c1)C1CCc2ccccc2C1. The first-order valence-corrected chi connectivity index (χ1v) is 12.6. The van der Waals surface area contributed by atoms with E-state index in [1.807, 2.05) is 24.0 Å². The summed E-state index contributed by atoms with van der Waals surface area (Å²) in [5.74, 6) is -1.10. The van der Waals surface area contributed by atoms with Crippen molar-refractivity contribution >= 4 is 15.9 Å². The Balaban J connectivity index is 1.62. The Morgan fingerprint density at radius 3 is 2.59 bits per heavy atom. The summed E-state index contributed by atoms with van der Waals surface area (Å²) in [6, 6.07) is 12.0. The predicted octanol–water partition coefficient (Wildman–Crippen LogP) is 3.26. The maximum absolute atomic E-state index is 14.6. The first kappa shape index (κ1) is 22.9. The molecule has 1 aliphatic carbocycles. The number of hydrogen-bond acceptors (Lipinski definition) is 4. The monoisotopic (exact) mass is 460 g/mol. The van der Waals surface area contributed by atoms with Gasteiger partial charge in [-0.15, -0.1) is 0 Å². The second-order valence-electron chi connectivity index (χ2n) is 8.33. The highest BCUT2D eigenvalue weighted by atomic mass is 32.2. The molecular weight excluding hydrogens is 431 g/mol. The summed E-state index contributed by atoms with van der Waals surface area (Å²) >= 11 is 0. The molecule has 1 saturated heterocycles. The molecule has 0 saturated carbocycles. The molecule has 2 aromatic rings. The number of carbonyl (C=O) groups excluding carboxylic acids is 1. The van der Waals surface area contributed by atoms with Crippen molar-refractivity contribution in [2.75, 3.05) is 32.8 Å². The number of morpholine rings is 1. The number of aryl methyl sites for hydroxylation is 1. The third kappa shape index (κ3) is 4.58. The molecule has 8 heteroatoms. The minimum atomic E-state index is -4.04. The Morgan fingerprint density at radius 1 is 1.16 bits per heavy atom. The van der Waals surface area contributed by atoms with Gasteiger partial charge in [0.15, 0.2) is 0 Å². The number of sulfonamides is 1. The highest BCUT2D eigenvalue weighted by molar-refractivity contribution is 7.89. The number of ether oxygens (including phenoxy) is 1. The van der Waals surface area contributed by atoms with E-state index in [9.17, 15) is 17.6 Å². The standard InChI is InChI=1S/C24H29FN2O4S/c1-2-11-27(21-9-7-18-5-3-4-6-19(18)16-21)24(28)20-8-10-22(25)23(17-20)32(29,30)26-12-14-31-15-13-26/h3-6,8,10,17,21H,2,7,9,11-16H2,1H3. The van der Waals surface area contributed by atoms with Gasteiger partial charge in [-0.2, -0.15) is 4.31 Å². The number of carbonyl (C=O) groups is 1. The summed E-state index contributed by atoms with van der Waals surface area (Å²) in [6.07, 6.45) is 3.29. The lowest BCUT2D eigenvalue weighted by molar-refractivity contribution is 0.0661. The molecule has 2 aromatic carbocycles. The summed E-state index contributed by atoms with van der Waals surface area (Å²) in [5, 5.41) is 0. The molecule has 4 rings (SSSR count). The third-order valence-corrected chi connectivity index (χ3v) is 8.17. The molecule has 0 aromatic heterocycles. The van der Waals surface area contributed by atoms with Crippen LogP contribution >= 0.6 is 0 Å². The van der Waals surface area contributed by atoms with E-state index in [-0.39, 0.29) is 43.8 Å². The molecule has 1 aliphatic heterocycles. The summed E-state index contributed by atoms with van der Waals surface area (Å²) in [4.78, 5) is 14.9. The minimum absolute atomic E-state index is 0.0294. The van der Waals surface area contributed by atoms with Crippen molar-refractivity contribution in [1.82, 2.24) is 9.21 Å². The number of halogens is 1. The molecule has 0 spiro atoms. The van der Waals surface area contributed by atoms with Crippen LogP contribution in [0.25, 0.3) is 0 Å². The molecule has 172 valence electrons. The largest absolute Gasteiger partial charge is 0.379 e. The Labute approximate surface area is 189 Å². The molecule has 1 amide bonds. The van der Waals surface area contributed by atoms with Crippen molar-refractivity contribution in [2.45, 2.75) is 43.5 Å². The molecule has 2 aliphatic rings. The van der Waals surface area contributed by atoms with E-state index in [2.05, 4.69) is 12.1 Å². The minimum Gasteiger partial charge on any atom is -0.379 e. The summed E-state index contributed by atoms with van der Waals surface area (Å²) < 4.78 is 47.1. The first-order valence-electron chi connectivity index (χ1n) is 11.2. The van der Waals surface area contributed by atoms with Crippen molar-refractivity contribution in [2.24, 2.45) is 0 Å². The van der Waals surface area contributed by atoms with Gasteiger partial charge in [-0.3, -0.25) is 4.79 Å². The maximum atomic E-state index is 14.6. The molecule has 0 bridgehead atoms. The second-order valence-corrected chi connectivity index (χ2v) is 10.2. The molecule has 0 radical (unpaired) electrons. The third-order valence-electron chi connectivity index (χ3n) is 6.25. The van der Waals surface area contributed by atoms with Gasteiger partial charge in [-0.25, -0.2) is 12.8 Å². The van der Waals surface area contributed by atoms with E-state index < -0.39 is 20.7 Å². The van der Waals surface area contributed by atoms with E-state index in [1.54, 1.807) is 0 Å².